The van der Waals surface area contributed by atoms with Crippen LogP contribution in [-0.2, 0) is 4.79 Å². The predicted molar refractivity (Wildman–Crippen MR) is 83.4 cm³/mol. The molecule has 22 heavy (non-hydrogen) atoms. The van der Waals surface area contributed by atoms with Crippen LogP contribution in [0.15, 0.2) is 39.9 Å². The van der Waals surface area contributed by atoms with Crippen molar-refractivity contribution < 1.29 is 4.79 Å². The van der Waals surface area contributed by atoms with E-state index in [-0.39, 0.29) is 11.3 Å². The molecule has 0 unspecified atom stereocenters. The van der Waals surface area contributed by atoms with Crippen molar-refractivity contribution >= 4 is 28.8 Å². The molecule has 1 amide bonds. The van der Waals surface area contributed by atoms with Crippen LogP contribution in [0.2, 0.25) is 5.02 Å². The second-order valence-corrected chi connectivity index (χ2v) is 5.15. The highest BCUT2D eigenvalue weighted by Crippen LogP contribution is 2.21. The molecule has 0 fully saturated rings. The molecule has 0 spiro atoms. The molecule has 3 aromatic rings. The molecule has 0 atom stereocenters. The Morgan fingerprint density at radius 3 is 2.73 bits per heavy atom. The number of nitrogens with one attached hydrogen (secondary N) is 3. The average molecular weight is 319 g/mol. The lowest BCUT2D eigenvalue weighted by Crippen LogP contribution is -2.15. The van der Waals surface area contributed by atoms with Crippen molar-refractivity contribution in [2.24, 2.45) is 0 Å². The van der Waals surface area contributed by atoms with Crippen LogP contribution in [-0.4, -0.2) is 20.5 Å². The van der Waals surface area contributed by atoms with Crippen LogP contribution in [0.25, 0.3) is 16.9 Å². The minimum absolute atomic E-state index is 0.00604. The zero-order valence-corrected chi connectivity index (χ0v) is 12.2. The summed E-state index contributed by atoms with van der Waals surface area (Å²) in [5.74, 6) is -0.410. The lowest BCUT2D eigenvalue weighted by molar-refractivity contribution is -0.114. The number of aromatic amines is 2. The second-order valence-electron chi connectivity index (χ2n) is 4.71. The molecule has 3 rings (SSSR count). The van der Waals surface area contributed by atoms with Crippen LogP contribution in [0.3, 0.4) is 0 Å². The minimum Gasteiger partial charge on any atom is -0.338 e. The third kappa shape index (κ3) is 2.42. The van der Waals surface area contributed by atoms with Gasteiger partial charge in [-0.15, -0.1) is 0 Å². The molecule has 2 aromatic heterocycles. The fraction of sp³-hybridized carbons (Fsp3) is 0.0714. The molecule has 0 saturated carbocycles. The number of halogens is 1. The highest BCUT2D eigenvalue weighted by Gasteiger charge is 2.14. The van der Waals surface area contributed by atoms with E-state index in [9.17, 15) is 14.4 Å². The first-order valence-corrected chi connectivity index (χ1v) is 6.75. The number of hydrogen-bond donors (Lipinski definition) is 3. The van der Waals surface area contributed by atoms with E-state index in [2.05, 4.69) is 15.4 Å². The summed E-state index contributed by atoms with van der Waals surface area (Å²) < 4.78 is 1.04. The van der Waals surface area contributed by atoms with Crippen LogP contribution in [0, 0.1) is 0 Å². The number of H-pyrrole nitrogens is 2. The van der Waals surface area contributed by atoms with Gasteiger partial charge in [-0.3, -0.25) is 19.5 Å². The van der Waals surface area contributed by atoms with Crippen LogP contribution >= 0.6 is 11.6 Å². The van der Waals surface area contributed by atoms with Crippen LogP contribution in [0.4, 0.5) is 5.69 Å². The minimum atomic E-state index is -0.563. The molecule has 0 aliphatic rings. The van der Waals surface area contributed by atoms with E-state index in [0.29, 0.717) is 16.3 Å². The van der Waals surface area contributed by atoms with Gasteiger partial charge in [-0.05, 0) is 17.7 Å². The van der Waals surface area contributed by atoms with Crippen molar-refractivity contribution in [1.29, 1.82) is 0 Å². The molecule has 112 valence electrons. The molecule has 0 aliphatic heterocycles. The van der Waals surface area contributed by atoms with Gasteiger partial charge in [0, 0.05) is 18.0 Å². The average Bonchev–Trinajstić information content (AvgIpc) is 2.76. The zero-order chi connectivity index (χ0) is 15.9. The van der Waals surface area contributed by atoms with Crippen molar-refractivity contribution in [2.75, 3.05) is 5.32 Å². The lowest BCUT2D eigenvalue weighted by Gasteiger charge is -2.05. The zero-order valence-electron chi connectivity index (χ0n) is 11.4. The Morgan fingerprint density at radius 2 is 2.05 bits per heavy atom. The molecular weight excluding hydrogens is 308 g/mol. The Kier molecular flexibility index (Phi) is 3.34. The summed E-state index contributed by atoms with van der Waals surface area (Å²) in [5, 5.41) is 5.30. The summed E-state index contributed by atoms with van der Waals surface area (Å²) in [6.45, 7) is 1.28. The first-order valence-electron chi connectivity index (χ1n) is 6.37. The number of rotatable bonds is 2. The van der Waals surface area contributed by atoms with Gasteiger partial charge in [-0.25, -0.2) is 0 Å². The number of carbonyl (C=O) groups excluding carboxylic acids is 1. The first kappa shape index (κ1) is 14.2. The van der Waals surface area contributed by atoms with Gasteiger partial charge in [0.25, 0.3) is 11.1 Å². The van der Waals surface area contributed by atoms with Gasteiger partial charge < -0.3 is 10.3 Å². The number of fused-ring (bicyclic) bond motifs is 1. The number of nitrogens with zero attached hydrogens (tertiary/aromatic N) is 1. The smallest absolute Gasteiger partial charge is 0.290 e. The highest BCUT2D eigenvalue weighted by molar-refractivity contribution is 6.30. The number of aromatic nitrogens is 3. The monoisotopic (exact) mass is 318 g/mol. The Labute approximate surface area is 128 Å². The summed E-state index contributed by atoms with van der Waals surface area (Å²) in [6, 6.07) is 8.26. The quantitative estimate of drug-likeness (QED) is 0.669. The fourth-order valence-electron chi connectivity index (χ4n) is 2.17. The molecule has 0 saturated heterocycles. The van der Waals surface area contributed by atoms with E-state index in [4.69, 9.17) is 11.6 Å². The summed E-state index contributed by atoms with van der Waals surface area (Å²) in [7, 11) is 0. The van der Waals surface area contributed by atoms with E-state index in [0.717, 1.165) is 4.52 Å². The van der Waals surface area contributed by atoms with Gasteiger partial charge in [-0.2, -0.15) is 4.52 Å². The molecule has 0 bridgehead atoms. The molecule has 7 nitrogen and oxygen atoms in total. The molecule has 1 aromatic carbocycles. The number of carbonyl (C=O) groups is 1. The van der Waals surface area contributed by atoms with Crippen molar-refractivity contribution in [3.63, 3.8) is 0 Å². The standard InChI is InChI=1S/C14H11ClN4O3/c1-7(20)16-12-13-17-10(8-3-2-4-9(15)5-8)6-11(21)19(13)18-14(12)22/h2-6,17H,1H3,(H,16,20)(H,18,22). The van der Waals surface area contributed by atoms with Crippen molar-refractivity contribution in [1.82, 2.24) is 14.6 Å². The van der Waals surface area contributed by atoms with E-state index in [1.165, 1.54) is 13.0 Å². The normalized spacial score (nSPS) is 10.8. The van der Waals surface area contributed by atoms with E-state index < -0.39 is 17.0 Å². The Balaban J connectivity index is 2.29. The molecule has 3 N–H and O–H groups in total. The third-order valence-corrected chi connectivity index (χ3v) is 3.31. The van der Waals surface area contributed by atoms with Crippen LogP contribution in [0.5, 0.6) is 0 Å². The number of hydrogen-bond acceptors (Lipinski definition) is 3. The van der Waals surface area contributed by atoms with Gasteiger partial charge in [0.1, 0.15) is 0 Å². The second kappa shape index (κ2) is 5.19. The fourth-order valence-corrected chi connectivity index (χ4v) is 2.36. The Morgan fingerprint density at radius 1 is 1.27 bits per heavy atom. The third-order valence-electron chi connectivity index (χ3n) is 3.08. The SMILES string of the molecule is CC(=O)Nc1c(=O)[nH]n2c(=O)cc(-c3cccc(Cl)c3)[nH]c12. The lowest BCUT2D eigenvalue weighted by atomic mass is 10.1. The molecule has 0 aliphatic carbocycles. The van der Waals surface area contributed by atoms with Gasteiger partial charge >= 0.3 is 0 Å². The maximum Gasteiger partial charge on any atom is 0.290 e. The number of amides is 1. The maximum absolute atomic E-state index is 12.1. The van der Waals surface area contributed by atoms with Gasteiger partial charge in [0.05, 0.1) is 5.69 Å². The largest absolute Gasteiger partial charge is 0.338 e. The van der Waals surface area contributed by atoms with Gasteiger partial charge in [-0.1, -0.05) is 23.7 Å². The number of benzene rings is 1. The summed E-state index contributed by atoms with van der Waals surface area (Å²) in [6.07, 6.45) is 0. The number of anilines is 1. The highest BCUT2D eigenvalue weighted by atomic mass is 35.5. The van der Waals surface area contributed by atoms with Gasteiger partial charge in [0.15, 0.2) is 11.3 Å². The van der Waals surface area contributed by atoms with E-state index >= 15 is 0 Å². The van der Waals surface area contributed by atoms with Crippen molar-refractivity contribution in [3.8, 4) is 11.3 Å². The van der Waals surface area contributed by atoms with Crippen molar-refractivity contribution in [3.05, 3.63) is 56.1 Å². The predicted octanol–water partition coefficient (Wildman–Crippen LogP) is 1.59. The maximum atomic E-state index is 12.1. The van der Waals surface area contributed by atoms with Crippen LogP contribution in [0.1, 0.15) is 6.92 Å². The summed E-state index contributed by atoms with van der Waals surface area (Å²) in [4.78, 5) is 38.2. The Hall–Kier alpha value is -2.80. The Bertz CT molecular complexity index is 999. The molecule has 2 heterocycles. The molecule has 8 heteroatoms. The van der Waals surface area contributed by atoms with Crippen LogP contribution < -0.4 is 16.4 Å². The van der Waals surface area contributed by atoms with E-state index in [1.807, 2.05) is 0 Å². The van der Waals surface area contributed by atoms with E-state index in [1.54, 1.807) is 24.3 Å². The molecule has 0 radical (unpaired) electrons. The summed E-state index contributed by atoms with van der Waals surface area (Å²) in [5.41, 5.74) is 0.355. The molecular formula is C14H11ClN4O3. The van der Waals surface area contributed by atoms with Crippen molar-refractivity contribution in [2.45, 2.75) is 6.92 Å². The topological polar surface area (TPSA) is 99.2 Å². The first-order chi connectivity index (χ1) is 10.5. The summed E-state index contributed by atoms with van der Waals surface area (Å²) >= 11 is 5.95. The van der Waals surface area contributed by atoms with Gasteiger partial charge in [0.2, 0.25) is 5.91 Å².